The largest absolute Gasteiger partial charge is 0.331 e. The fraction of sp³-hybridized carbons (Fsp3) is 0.438. The number of nitrogens with zero attached hydrogens (tertiary/aromatic N) is 1. The van der Waals surface area contributed by atoms with Crippen LogP contribution in [-0.4, -0.2) is 23.9 Å². The fourth-order valence-corrected chi connectivity index (χ4v) is 2.01. The van der Waals surface area contributed by atoms with E-state index in [1.807, 2.05) is 51.1 Å². The average molecular weight is 243 g/mol. The minimum atomic E-state index is -0.534. The fourth-order valence-electron chi connectivity index (χ4n) is 2.01. The molecule has 18 heavy (non-hydrogen) atoms. The van der Waals surface area contributed by atoms with Crippen molar-refractivity contribution < 1.29 is 4.79 Å². The van der Waals surface area contributed by atoms with Crippen LogP contribution in [0.5, 0.6) is 0 Å². The van der Waals surface area contributed by atoms with Crippen LogP contribution in [0.1, 0.15) is 32.8 Å². The van der Waals surface area contributed by atoms with E-state index in [0.717, 1.165) is 12.0 Å². The van der Waals surface area contributed by atoms with Crippen molar-refractivity contribution in [2.45, 2.75) is 32.6 Å². The predicted molar refractivity (Wildman–Crippen MR) is 75.2 cm³/mol. The van der Waals surface area contributed by atoms with E-state index >= 15 is 0 Å². The molecule has 96 valence electrons. The summed E-state index contributed by atoms with van der Waals surface area (Å²) in [4.78, 5) is 14.3. The molecule has 1 aromatic carbocycles. The molecule has 0 aliphatic heterocycles. The van der Waals surface area contributed by atoms with Crippen LogP contribution in [0.4, 0.5) is 0 Å². The highest BCUT2D eigenvalue weighted by atomic mass is 16.2. The van der Waals surface area contributed by atoms with Crippen LogP contribution < -0.4 is 0 Å². The van der Waals surface area contributed by atoms with Crippen LogP contribution in [0.2, 0.25) is 0 Å². The summed E-state index contributed by atoms with van der Waals surface area (Å²) in [5.41, 5.74) is 0.487. The monoisotopic (exact) mass is 243 g/mol. The zero-order chi connectivity index (χ0) is 13.6. The van der Waals surface area contributed by atoms with E-state index in [2.05, 4.69) is 5.92 Å². The maximum absolute atomic E-state index is 12.6. The molecule has 0 unspecified atom stereocenters. The first-order chi connectivity index (χ1) is 8.54. The number of benzene rings is 1. The van der Waals surface area contributed by atoms with E-state index in [0.29, 0.717) is 13.1 Å². The zero-order valence-electron chi connectivity index (χ0n) is 11.4. The molecule has 0 radical (unpaired) electrons. The number of carbonyl (C=O) groups excluding carboxylic acids is 1. The van der Waals surface area contributed by atoms with Crippen LogP contribution in [-0.2, 0) is 10.2 Å². The number of terminal acetylenes is 1. The van der Waals surface area contributed by atoms with Crippen molar-refractivity contribution in [3.05, 3.63) is 35.9 Å². The molecule has 2 nitrogen and oxygen atoms in total. The molecule has 0 spiro atoms. The van der Waals surface area contributed by atoms with E-state index < -0.39 is 5.41 Å². The van der Waals surface area contributed by atoms with Crippen molar-refractivity contribution in [3.63, 3.8) is 0 Å². The molecule has 0 aliphatic rings. The quantitative estimate of drug-likeness (QED) is 0.728. The van der Waals surface area contributed by atoms with E-state index in [9.17, 15) is 4.79 Å². The Morgan fingerprint density at radius 3 is 2.44 bits per heavy atom. The summed E-state index contributed by atoms with van der Waals surface area (Å²) in [7, 11) is 0. The summed E-state index contributed by atoms with van der Waals surface area (Å²) < 4.78 is 0. The summed E-state index contributed by atoms with van der Waals surface area (Å²) in [5, 5.41) is 0. The number of amides is 1. The van der Waals surface area contributed by atoms with Crippen molar-refractivity contribution in [2.24, 2.45) is 0 Å². The first kappa shape index (κ1) is 14.3. The molecule has 0 heterocycles. The predicted octanol–water partition coefficient (Wildman–Crippen LogP) is 2.84. The standard InChI is InChI=1S/C16H21NO/c1-5-12-17(13-6-2)15(18)16(3,4)14-10-8-7-9-11-14/h1,7-11H,6,12-13H2,2-4H3. The van der Waals surface area contributed by atoms with E-state index in [-0.39, 0.29) is 5.91 Å². The van der Waals surface area contributed by atoms with Gasteiger partial charge in [-0.15, -0.1) is 6.42 Å². The summed E-state index contributed by atoms with van der Waals surface area (Å²) >= 11 is 0. The highest BCUT2D eigenvalue weighted by molar-refractivity contribution is 5.87. The first-order valence-corrected chi connectivity index (χ1v) is 6.32. The van der Waals surface area contributed by atoms with Gasteiger partial charge in [0.15, 0.2) is 0 Å². The summed E-state index contributed by atoms with van der Waals surface area (Å²) in [6, 6.07) is 9.83. The second-order valence-electron chi connectivity index (χ2n) is 4.92. The normalized spacial score (nSPS) is 10.8. The summed E-state index contributed by atoms with van der Waals surface area (Å²) in [6.07, 6.45) is 6.25. The van der Waals surface area contributed by atoms with Crippen LogP contribution in [0, 0.1) is 12.3 Å². The van der Waals surface area contributed by atoms with Crippen molar-refractivity contribution >= 4 is 5.91 Å². The Morgan fingerprint density at radius 1 is 1.33 bits per heavy atom. The molecule has 0 fully saturated rings. The van der Waals surface area contributed by atoms with Crippen molar-refractivity contribution in [3.8, 4) is 12.3 Å². The molecule has 0 N–H and O–H groups in total. The van der Waals surface area contributed by atoms with E-state index in [4.69, 9.17) is 6.42 Å². The molecule has 0 aromatic heterocycles. The highest BCUT2D eigenvalue weighted by Gasteiger charge is 2.32. The van der Waals surface area contributed by atoms with Gasteiger partial charge in [-0.3, -0.25) is 4.79 Å². The molecule has 1 aromatic rings. The molecule has 1 rings (SSSR count). The third-order valence-electron chi connectivity index (χ3n) is 3.09. The molecule has 2 heteroatoms. The van der Waals surface area contributed by atoms with E-state index in [1.54, 1.807) is 4.90 Å². The second kappa shape index (κ2) is 6.26. The van der Waals surface area contributed by atoms with Crippen molar-refractivity contribution in [1.29, 1.82) is 0 Å². The Labute approximate surface area is 110 Å². The molecule has 0 aliphatic carbocycles. The lowest BCUT2D eigenvalue weighted by molar-refractivity contribution is -0.135. The Kier molecular flexibility index (Phi) is 4.97. The highest BCUT2D eigenvalue weighted by Crippen LogP contribution is 2.25. The summed E-state index contributed by atoms with van der Waals surface area (Å²) in [5.74, 6) is 2.65. The van der Waals surface area contributed by atoms with Crippen molar-refractivity contribution in [2.75, 3.05) is 13.1 Å². The second-order valence-corrected chi connectivity index (χ2v) is 4.92. The molecule has 0 saturated carbocycles. The van der Waals surface area contributed by atoms with Gasteiger partial charge >= 0.3 is 0 Å². The summed E-state index contributed by atoms with van der Waals surface area (Å²) in [6.45, 7) is 7.03. The van der Waals surface area contributed by atoms with Gasteiger partial charge < -0.3 is 4.90 Å². The van der Waals surface area contributed by atoms with Crippen molar-refractivity contribution in [1.82, 2.24) is 4.90 Å². The van der Waals surface area contributed by atoms with E-state index in [1.165, 1.54) is 0 Å². The lowest BCUT2D eigenvalue weighted by Gasteiger charge is -2.31. The lowest BCUT2D eigenvalue weighted by atomic mass is 9.83. The molecular weight excluding hydrogens is 222 g/mol. The third kappa shape index (κ3) is 3.13. The third-order valence-corrected chi connectivity index (χ3v) is 3.09. The number of rotatable bonds is 5. The van der Waals surface area contributed by atoms with Crippen LogP contribution in [0.15, 0.2) is 30.3 Å². The lowest BCUT2D eigenvalue weighted by Crippen LogP contribution is -2.44. The topological polar surface area (TPSA) is 20.3 Å². The molecule has 0 atom stereocenters. The average Bonchev–Trinajstić information content (AvgIpc) is 2.38. The van der Waals surface area contributed by atoms with Gasteiger partial charge in [0.25, 0.3) is 0 Å². The van der Waals surface area contributed by atoms with Gasteiger partial charge in [0.05, 0.1) is 12.0 Å². The van der Waals surface area contributed by atoms with Gasteiger partial charge in [0, 0.05) is 6.54 Å². The molecule has 1 amide bonds. The number of hydrogen-bond acceptors (Lipinski definition) is 1. The Hall–Kier alpha value is -1.75. The number of hydrogen-bond donors (Lipinski definition) is 0. The molecular formula is C16H21NO. The number of carbonyl (C=O) groups is 1. The van der Waals surface area contributed by atoms with Gasteiger partial charge in [-0.2, -0.15) is 0 Å². The maximum Gasteiger partial charge on any atom is 0.233 e. The van der Waals surface area contributed by atoms with Gasteiger partial charge in [-0.1, -0.05) is 43.2 Å². The molecule has 0 saturated heterocycles. The minimum absolute atomic E-state index is 0.0912. The molecule has 0 bridgehead atoms. The zero-order valence-corrected chi connectivity index (χ0v) is 11.4. The Bertz CT molecular complexity index is 428. The minimum Gasteiger partial charge on any atom is -0.331 e. The van der Waals surface area contributed by atoms with Crippen LogP contribution in [0.3, 0.4) is 0 Å². The SMILES string of the molecule is C#CCN(CCC)C(=O)C(C)(C)c1ccccc1. The van der Waals surface area contributed by atoms with Gasteiger partial charge in [0.2, 0.25) is 5.91 Å². The van der Waals surface area contributed by atoms with Gasteiger partial charge in [-0.25, -0.2) is 0 Å². The Morgan fingerprint density at radius 2 is 1.94 bits per heavy atom. The van der Waals surface area contributed by atoms with Gasteiger partial charge in [-0.05, 0) is 25.8 Å². The van der Waals surface area contributed by atoms with Crippen LogP contribution >= 0.6 is 0 Å². The van der Waals surface area contributed by atoms with Gasteiger partial charge in [0.1, 0.15) is 0 Å². The smallest absolute Gasteiger partial charge is 0.233 e. The first-order valence-electron chi connectivity index (χ1n) is 6.32. The Balaban J connectivity index is 2.96. The maximum atomic E-state index is 12.6. The van der Waals surface area contributed by atoms with Crippen LogP contribution in [0.25, 0.3) is 0 Å².